The van der Waals surface area contributed by atoms with Crippen LogP contribution in [0.5, 0.6) is 0 Å². The standard InChI is InChI=1S/C18H22F3N3O/c1-2-3-4-5-6-10-13-24-16(14-11-8-7-9-12-14)15(22-23-24)17(25)18(19,20)21/h7-9,11-12H,2-6,10,13H2,1H3. The zero-order chi connectivity index (χ0) is 18.3. The van der Waals surface area contributed by atoms with Crippen LogP contribution in [0, 0.1) is 0 Å². The van der Waals surface area contributed by atoms with Crippen molar-refractivity contribution in [3.63, 3.8) is 0 Å². The second-order valence-electron chi connectivity index (χ2n) is 5.97. The van der Waals surface area contributed by atoms with Gasteiger partial charge in [-0.2, -0.15) is 13.2 Å². The van der Waals surface area contributed by atoms with Crippen LogP contribution in [0.4, 0.5) is 13.2 Å². The number of hydrogen-bond donors (Lipinski definition) is 0. The maximum Gasteiger partial charge on any atom is 0.456 e. The molecule has 1 aromatic carbocycles. The monoisotopic (exact) mass is 353 g/mol. The van der Waals surface area contributed by atoms with E-state index in [1.807, 2.05) is 0 Å². The highest BCUT2D eigenvalue weighted by atomic mass is 19.4. The summed E-state index contributed by atoms with van der Waals surface area (Å²) in [6.07, 6.45) is 1.36. The molecule has 7 heteroatoms. The number of carbonyl (C=O) groups is 1. The number of unbranched alkanes of at least 4 members (excludes halogenated alkanes) is 5. The first kappa shape index (κ1) is 19.1. The number of carbonyl (C=O) groups excluding carboxylic acids is 1. The maximum atomic E-state index is 12.8. The lowest BCUT2D eigenvalue weighted by atomic mass is 10.1. The third kappa shape index (κ3) is 5.14. The number of ketones is 1. The van der Waals surface area contributed by atoms with Gasteiger partial charge in [-0.05, 0) is 6.42 Å². The molecule has 0 aliphatic carbocycles. The van der Waals surface area contributed by atoms with E-state index in [-0.39, 0.29) is 5.69 Å². The van der Waals surface area contributed by atoms with Crippen LogP contribution in [0.1, 0.15) is 55.9 Å². The predicted molar refractivity (Wildman–Crippen MR) is 89.2 cm³/mol. The number of alkyl halides is 3. The lowest BCUT2D eigenvalue weighted by molar-refractivity contribution is -0.0887. The Morgan fingerprint density at radius 1 is 1.04 bits per heavy atom. The molecule has 0 unspecified atom stereocenters. The number of benzene rings is 1. The van der Waals surface area contributed by atoms with Gasteiger partial charge in [-0.3, -0.25) is 4.79 Å². The quantitative estimate of drug-likeness (QED) is 0.468. The van der Waals surface area contributed by atoms with Gasteiger partial charge in [0, 0.05) is 12.1 Å². The van der Waals surface area contributed by atoms with E-state index in [9.17, 15) is 18.0 Å². The van der Waals surface area contributed by atoms with Crippen molar-refractivity contribution in [2.24, 2.45) is 0 Å². The summed E-state index contributed by atoms with van der Waals surface area (Å²) in [7, 11) is 0. The number of aryl methyl sites for hydroxylation is 1. The Balaban J connectivity index is 2.20. The van der Waals surface area contributed by atoms with Crippen LogP contribution in [0.2, 0.25) is 0 Å². The second-order valence-corrected chi connectivity index (χ2v) is 5.97. The predicted octanol–water partition coefficient (Wildman–Crippen LogP) is 5.05. The molecule has 0 aliphatic heterocycles. The van der Waals surface area contributed by atoms with Gasteiger partial charge >= 0.3 is 6.18 Å². The van der Waals surface area contributed by atoms with Gasteiger partial charge < -0.3 is 0 Å². The van der Waals surface area contributed by atoms with Gasteiger partial charge in [-0.25, -0.2) is 4.68 Å². The molecule has 136 valence electrons. The molecule has 0 N–H and O–H groups in total. The van der Waals surface area contributed by atoms with E-state index in [1.54, 1.807) is 30.3 Å². The zero-order valence-corrected chi connectivity index (χ0v) is 14.2. The van der Waals surface area contributed by atoms with Crippen LogP contribution >= 0.6 is 0 Å². The average Bonchev–Trinajstić information content (AvgIpc) is 3.01. The molecule has 0 amide bonds. The zero-order valence-electron chi connectivity index (χ0n) is 14.2. The molecule has 0 radical (unpaired) electrons. The van der Waals surface area contributed by atoms with Crippen molar-refractivity contribution in [1.82, 2.24) is 15.0 Å². The topological polar surface area (TPSA) is 47.8 Å². The summed E-state index contributed by atoms with van der Waals surface area (Å²) in [5, 5.41) is 7.34. The van der Waals surface area contributed by atoms with Crippen LogP contribution < -0.4 is 0 Å². The SMILES string of the molecule is CCCCCCCCn1nnc(C(=O)C(F)(F)F)c1-c1ccccc1. The maximum absolute atomic E-state index is 12.8. The largest absolute Gasteiger partial charge is 0.456 e. The van der Waals surface area contributed by atoms with Crippen molar-refractivity contribution in [1.29, 1.82) is 0 Å². The van der Waals surface area contributed by atoms with Gasteiger partial charge in [0.25, 0.3) is 5.78 Å². The first-order valence-electron chi connectivity index (χ1n) is 8.55. The Bertz CT molecular complexity index is 681. The Morgan fingerprint density at radius 3 is 2.32 bits per heavy atom. The van der Waals surface area contributed by atoms with Gasteiger partial charge in [0.1, 0.15) is 0 Å². The lowest BCUT2D eigenvalue weighted by Gasteiger charge is -2.09. The number of Topliss-reactive ketones (excluding diaryl/α,β-unsaturated/α-hetero) is 1. The molecule has 0 fully saturated rings. The molecule has 0 spiro atoms. The third-order valence-electron chi connectivity index (χ3n) is 3.98. The number of aromatic nitrogens is 3. The minimum absolute atomic E-state index is 0.136. The minimum atomic E-state index is -4.97. The lowest BCUT2D eigenvalue weighted by Crippen LogP contribution is -2.24. The molecule has 0 saturated carbocycles. The molecule has 0 saturated heterocycles. The van der Waals surface area contributed by atoms with Crippen LogP contribution in [-0.2, 0) is 6.54 Å². The summed E-state index contributed by atoms with van der Waals surface area (Å²) in [5.41, 5.74) is 0.00671. The summed E-state index contributed by atoms with van der Waals surface area (Å²) >= 11 is 0. The summed E-state index contributed by atoms with van der Waals surface area (Å²) in [5.74, 6) is -1.96. The van der Waals surface area contributed by atoms with Crippen molar-refractivity contribution in [2.45, 2.75) is 58.2 Å². The van der Waals surface area contributed by atoms with Crippen molar-refractivity contribution in [3.05, 3.63) is 36.0 Å². The molecule has 25 heavy (non-hydrogen) atoms. The highest BCUT2D eigenvalue weighted by Crippen LogP contribution is 2.28. The first-order chi connectivity index (χ1) is 11.9. The Kier molecular flexibility index (Phi) is 6.73. The highest BCUT2D eigenvalue weighted by molar-refractivity contribution is 6.03. The molecule has 2 aromatic rings. The number of hydrogen-bond acceptors (Lipinski definition) is 3. The van der Waals surface area contributed by atoms with E-state index in [4.69, 9.17) is 0 Å². The number of nitrogens with zero attached hydrogens (tertiary/aromatic N) is 3. The van der Waals surface area contributed by atoms with E-state index in [0.717, 1.165) is 32.1 Å². The van der Waals surface area contributed by atoms with E-state index in [1.165, 1.54) is 11.1 Å². The third-order valence-corrected chi connectivity index (χ3v) is 3.98. The van der Waals surface area contributed by atoms with Crippen molar-refractivity contribution >= 4 is 5.78 Å². The molecule has 1 heterocycles. The van der Waals surface area contributed by atoms with Gasteiger partial charge in [0.2, 0.25) is 0 Å². The highest BCUT2D eigenvalue weighted by Gasteiger charge is 2.43. The van der Waals surface area contributed by atoms with Crippen LogP contribution in [0.3, 0.4) is 0 Å². The molecule has 2 rings (SSSR count). The molecule has 0 atom stereocenters. The summed E-state index contributed by atoms with van der Waals surface area (Å²) in [6, 6.07) is 8.49. The van der Waals surface area contributed by atoms with Crippen LogP contribution in [-0.4, -0.2) is 27.0 Å². The number of halogens is 3. The summed E-state index contributed by atoms with van der Waals surface area (Å²) in [4.78, 5) is 11.7. The smallest absolute Gasteiger partial charge is 0.282 e. The van der Waals surface area contributed by atoms with E-state index in [0.29, 0.717) is 12.1 Å². The van der Waals surface area contributed by atoms with E-state index >= 15 is 0 Å². The fraction of sp³-hybridized carbons (Fsp3) is 0.500. The Hall–Kier alpha value is -2.18. The van der Waals surface area contributed by atoms with Crippen molar-refractivity contribution in [2.75, 3.05) is 0 Å². The van der Waals surface area contributed by atoms with E-state index in [2.05, 4.69) is 17.2 Å². The molecule has 0 bridgehead atoms. The van der Waals surface area contributed by atoms with Crippen LogP contribution in [0.15, 0.2) is 30.3 Å². The molecular weight excluding hydrogens is 331 g/mol. The molecule has 4 nitrogen and oxygen atoms in total. The van der Waals surface area contributed by atoms with E-state index < -0.39 is 17.7 Å². The normalized spacial score (nSPS) is 11.7. The Morgan fingerprint density at radius 2 is 1.68 bits per heavy atom. The van der Waals surface area contributed by atoms with Gasteiger partial charge in [0.15, 0.2) is 5.69 Å². The van der Waals surface area contributed by atoms with Gasteiger partial charge in [-0.1, -0.05) is 74.6 Å². The average molecular weight is 353 g/mol. The fourth-order valence-electron chi connectivity index (χ4n) is 2.68. The van der Waals surface area contributed by atoms with Crippen molar-refractivity contribution < 1.29 is 18.0 Å². The number of rotatable bonds is 9. The summed E-state index contributed by atoms with van der Waals surface area (Å²) < 4.78 is 39.9. The fourth-order valence-corrected chi connectivity index (χ4v) is 2.68. The molecule has 1 aromatic heterocycles. The second kappa shape index (κ2) is 8.78. The molecular formula is C18H22F3N3O. The Labute approximate surface area is 145 Å². The van der Waals surface area contributed by atoms with Gasteiger partial charge in [-0.15, -0.1) is 5.10 Å². The summed E-state index contributed by atoms with van der Waals surface area (Å²) in [6.45, 7) is 2.58. The van der Waals surface area contributed by atoms with Gasteiger partial charge in [0.05, 0.1) is 5.69 Å². The van der Waals surface area contributed by atoms with Crippen LogP contribution in [0.25, 0.3) is 11.3 Å². The minimum Gasteiger partial charge on any atom is -0.282 e. The first-order valence-corrected chi connectivity index (χ1v) is 8.55. The molecule has 0 aliphatic rings. The van der Waals surface area contributed by atoms with Crippen molar-refractivity contribution in [3.8, 4) is 11.3 Å².